The third-order valence-corrected chi connectivity index (χ3v) is 6.17. The van der Waals surface area contributed by atoms with Gasteiger partial charge in [-0.25, -0.2) is 0 Å². The third-order valence-electron chi connectivity index (χ3n) is 6.17. The van der Waals surface area contributed by atoms with Crippen LogP contribution >= 0.6 is 0 Å². The average Bonchev–Trinajstić information content (AvgIpc) is 3.34. The molecule has 2 aromatic carbocycles. The number of hydrogen-bond acceptors (Lipinski definition) is 6. The Morgan fingerprint density at radius 1 is 1.06 bits per heavy atom. The van der Waals surface area contributed by atoms with Crippen molar-refractivity contribution in [1.82, 2.24) is 14.7 Å². The van der Waals surface area contributed by atoms with Crippen LogP contribution in [0, 0.1) is 5.92 Å². The smallest absolute Gasteiger partial charge is 0.244 e. The number of aromatic nitrogens is 2. The quantitative estimate of drug-likeness (QED) is 0.466. The Morgan fingerprint density at radius 2 is 1.83 bits per heavy atom. The van der Waals surface area contributed by atoms with E-state index in [0.717, 1.165) is 36.4 Å². The van der Waals surface area contributed by atoms with Gasteiger partial charge < -0.3 is 24.4 Å². The number of anilines is 1. The number of likely N-dealkylation sites (tertiary alicyclic amines) is 1. The molecule has 0 aliphatic carbocycles. The average molecular weight is 493 g/mol. The maximum Gasteiger partial charge on any atom is 0.244 e. The summed E-state index contributed by atoms with van der Waals surface area (Å²) < 4.78 is 18.0. The second kappa shape index (κ2) is 12.1. The summed E-state index contributed by atoms with van der Waals surface area (Å²) in [6.07, 6.45) is 5.36. The largest absolute Gasteiger partial charge is 0.497 e. The summed E-state index contributed by atoms with van der Waals surface area (Å²) in [6, 6.07) is 14.9. The summed E-state index contributed by atoms with van der Waals surface area (Å²) in [5.74, 6) is 2.33. The lowest BCUT2D eigenvalue weighted by atomic mass is 9.99. The summed E-state index contributed by atoms with van der Waals surface area (Å²) >= 11 is 0. The van der Waals surface area contributed by atoms with Crippen LogP contribution < -0.4 is 19.5 Å². The van der Waals surface area contributed by atoms with Gasteiger partial charge in [-0.15, -0.1) is 0 Å². The van der Waals surface area contributed by atoms with Crippen LogP contribution in [-0.4, -0.2) is 60.4 Å². The van der Waals surface area contributed by atoms with E-state index in [-0.39, 0.29) is 30.7 Å². The van der Waals surface area contributed by atoms with E-state index in [0.29, 0.717) is 24.6 Å². The van der Waals surface area contributed by atoms with E-state index in [9.17, 15) is 9.59 Å². The number of amides is 2. The number of carbonyl (C=O) groups excluding carboxylic acids is 2. The third kappa shape index (κ3) is 6.78. The molecular weight excluding hydrogens is 460 g/mol. The van der Waals surface area contributed by atoms with E-state index in [1.54, 1.807) is 31.3 Å². The Hall–Kier alpha value is -4.01. The van der Waals surface area contributed by atoms with Gasteiger partial charge in [0, 0.05) is 30.8 Å². The van der Waals surface area contributed by atoms with Crippen LogP contribution in [-0.2, 0) is 22.6 Å². The van der Waals surface area contributed by atoms with E-state index in [2.05, 4.69) is 10.4 Å². The first-order valence-corrected chi connectivity index (χ1v) is 12.0. The number of hydrogen-bond donors (Lipinski definition) is 1. The molecule has 1 aromatic heterocycles. The fourth-order valence-corrected chi connectivity index (χ4v) is 4.29. The Labute approximate surface area is 210 Å². The number of nitrogens with one attached hydrogen (secondary N) is 1. The molecule has 0 radical (unpaired) electrons. The molecule has 2 heterocycles. The minimum absolute atomic E-state index is 0.000791. The Bertz CT molecular complexity index is 1160. The minimum atomic E-state index is -0.180. The number of ether oxygens (including phenoxy) is 3. The lowest BCUT2D eigenvalue weighted by Gasteiger charge is -2.32. The predicted molar refractivity (Wildman–Crippen MR) is 135 cm³/mol. The summed E-state index contributed by atoms with van der Waals surface area (Å²) in [5.41, 5.74) is 1.35. The Morgan fingerprint density at radius 3 is 2.61 bits per heavy atom. The van der Waals surface area contributed by atoms with Gasteiger partial charge >= 0.3 is 0 Å². The van der Waals surface area contributed by atoms with Crippen molar-refractivity contribution in [2.24, 2.45) is 5.92 Å². The van der Waals surface area contributed by atoms with Gasteiger partial charge in [0.2, 0.25) is 11.8 Å². The molecule has 4 rings (SSSR count). The molecule has 9 nitrogen and oxygen atoms in total. The lowest BCUT2D eigenvalue weighted by molar-refractivity contribution is -0.134. The van der Waals surface area contributed by atoms with Gasteiger partial charge in [-0.05, 0) is 43.2 Å². The van der Waals surface area contributed by atoms with Gasteiger partial charge in [0.25, 0.3) is 0 Å². The maximum absolute atomic E-state index is 12.9. The van der Waals surface area contributed by atoms with Gasteiger partial charge in [-0.3, -0.25) is 14.3 Å². The van der Waals surface area contributed by atoms with E-state index < -0.39 is 0 Å². The zero-order valence-corrected chi connectivity index (χ0v) is 20.7. The van der Waals surface area contributed by atoms with Gasteiger partial charge in [0.1, 0.15) is 23.8 Å². The summed E-state index contributed by atoms with van der Waals surface area (Å²) in [5, 5.41) is 7.08. The highest BCUT2D eigenvalue weighted by atomic mass is 16.5. The van der Waals surface area contributed by atoms with Gasteiger partial charge in [-0.1, -0.05) is 18.2 Å². The second-order valence-corrected chi connectivity index (χ2v) is 8.80. The normalized spacial score (nSPS) is 15.3. The molecule has 36 heavy (non-hydrogen) atoms. The molecule has 190 valence electrons. The number of carbonyl (C=O) groups is 2. The molecule has 0 unspecified atom stereocenters. The van der Waals surface area contributed by atoms with Gasteiger partial charge in [-0.2, -0.15) is 5.10 Å². The van der Waals surface area contributed by atoms with E-state index >= 15 is 0 Å². The highest BCUT2D eigenvalue weighted by Gasteiger charge is 2.24. The van der Waals surface area contributed by atoms with Gasteiger partial charge in [0.05, 0.1) is 39.1 Å². The molecule has 2 amide bonds. The molecule has 1 aliphatic rings. The highest BCUT2D eigenvalue weighted by Crippen LogP contribution is 2.22. The Kier molecular flexibility index (Phi) is 8.44. The van der Waals surface area contributed by atoms with Crippen molar-refractivity contribution >= 4 is 17.5 Å². The molecule has 1 aliphatic heterocycles. The van der Waals surface area contributed by atoms with Crippen molar-refractivity contribution in [2.45, 2.75) is 25.8 Å². The number of rotatable bonds is 10. The standard InChI is InChI=1S/C27H32N4O5/c1-34-23-9-11-24(12-10-23)36-19-20-6-5-13-30(16-20)27(33)18-31-17-22(15-28-31)29-26(32)14-21-7-3-4-8-25(21)35-2/h3-4,7-12,15,17,20H,5-6,13-14,16,18-19H2,1-2H3,(H,29,32)/t20-/m0/s1. The van der Waals surface area contributed by atoms with E-state index in [1.807, 2.05) is 53.4 Å². The molecular formula is C27H32N4O5. The number of piperidine rings is 1. The van der Waals surface area contributed by atoms with Crippen molar-refractivity contribution in [1.29, 1.82) is 0 Å². The zero-order chi connectivity index (χ0) is 25.3. The number of nitrogens with zero attached hydrogens (tertiary/aromatic N) is 3. The van der Waals surface area contributed by atoms with Crippen LogP contribution in [0.1, 0.15) is 18.4 Å². The van der Waals surface area contributed by atoms with Crippen molar-refractivity contribution in [3.05, 3.63) is 66.5 Å². The monoisotopic (exact) mass is 492 g/mol. The molecule has 3 aromatic rings. The molecule has 0 spiro atoms. The van der Waals surface area contributed by atoms with Crippen molar-refractivity contribution < 1.29 is 23.8 Å². The van der Waals surface area contributed by atoms with Crippen molar-refractivity contribution in [2.75, 3.05) is 39.2 Å². The fraction of sp³-hybridized carbons (Fsp3) is 0.370. The summed E-state index contributed by atoms with van der Waals surface area (Å²) in [7, 11) is 3.21. The number of methoxy groups -OCH3 is 2. The van der Waals surface area contributed by atoms with Crippen LogP contribution in [0.3, 0.4) is 0 Å². The first-order valence-electron chi connectivity index (χ1n) is 12.0. The maximum atomic E-state index is 12.9. The minimum Gasteiger partial charge on any atom is -0.497 e. The highest BCUT2D eigenvalue weighted by molar-refractivity contribution is 5.92. The van der Waals surface area contributed by atoms with Crippen LogP contribution in [0.25, 0.3) is 0 Å². The number of benzene rings is 2. The first-order chi connectivity index (χ1) is 17.5. The molecule has 1 atom stereocenters. The second-order valence-electron chi connectivity index (χ2n) is 8.80. The molecule has 0 saturated carbocycles. The van der Waals surface area contributed by atoms with E-state index in [4.69, 9.17) is 14.2 Å². The zero-order valence-electron chi connectivity index (χ0n) is 20.7. The molecule has 0 bridgehead atoms. The molecule has 1 saturated heterocycles. The van der Waals surface area contributed by atoms with Crippen LogP contribution in [0.5, 0.6) is 17.2 Å². The number of para-hydroxylation sites is 1. The SMILES string of the molecule is COc1ccc(OC[C@H]2CCCN(C(=O)Cn3cc(NC(=O)Cc4ccccc4OC)cn3)C2)cc1. The molecule has 9 heteroatoms. The van der Waals surface area contributed by atoms with Crippen molar-refractivity contribution in [3.8, 4) is 17.2 Å². The van der Waals surface area contributed by atoms with Crippen molar-refractivity contribution in [3.63, 3.8) is 0 Å². The van der Waals surface area contributed by atoms with Gasteiger partial charge in [0.15, 0.2) is 0 Å². The van der Waals surface area contributed by atoms with Crippen LogP contribution in [0.4, 0.5) is 5.69 Å². The summed E-state index contributed by atoms with van der Waals surface area (Å²) in [6.45, 7) is 2.05. The van der Waals surface area contributed by atoms with Crippen LogP contribution in [0.2, 0.25) is 0 Å². The topological polar surface area (TPSA) is 94.9 Å². The van der Waals surface area contributed by atoms with E-state index in [1.165, 1.54) is 0 Å². The molecule has 1 fully saturated rings. The fourth-order valence-electron chi connectivity index (χ4n) is 4.29. The lowest BCUT2D eigenvalue weighted by Crippen LogP contribution is -2.43. The predicted octanol–water partition coefficient (Wildman–Crippen LogP) is 3.40. The molecule has 1 N–H and O–H groups in total. The summed E-state index contributed by atoms with van der Waals surface area (Å²) in [4.78, 5) is 27.2. The first kappa shape index (κ1) is 25.1. The van der Waals surface area contributed by atoms with Crippen LogP contribution in [0.15, 0.2) is 60.9 Å². The Balaban J connectivity index is 1.25.